The molecule has 6 heteroatoms. The Labute approximate surface area is 168 Å². The lowest BCUT2D eigenvalue weighted by atomic mass is 10.2. The number of amides is 1. The van der Waals surface area contributed by atoms with Gasteiger partial charge in [0.25, 0.3) is 0 Å². The van der Waals surface area contributed by atoms with E-state index in [4.69, 9.17) is 4.98 Å². The van der Waals surface area contributed by atoms with Crippen LogP contribution in [0, 0.1) is 0 Å². The summed E-state index contributed by atoms with van der Waals surface area (Å²) in [6.45, 7) is 0.680. The molecule has 4 aromatic rings. The number of hydrogen-bond donors (Lipinski definition) is 1. The third kappa shape index (κ3) is 3.29. The van der Waals surface area contributed by atoms with Gasteiger partial charge in [0.1, 0.15) is 11.9 Å². The molecule has 0 bridgehead atoms. The van der Waals surface area contributed by atoms with Crippen molar-refractivity contribution in [2.45, 2.75) is 12.5 Å². The Morgan fingerprint density at radius 2 is 1.76 bits per heavy atom. The molecule has 0 saturated carbocycles. The minimum absolute atomic E-state index is 0.0572. The molecule has 142 valence electrons. The quantitative estimate of drug-likeness (QED) is 0.580. The standard InChI is InChI=1S/C23H19N5O/c29-23-20(12-14-28(23)17-8-2-1-3-9-17)26-22-18-10-4-5-11-19(18)25-21(27-22)16-7-6-13-24-15-16/h1-11,13,15,20H,12,14H2,(H,25,26,27). The molecule has 6 nitrogen and oxygen atoms in total. The number of pyridine rings is 1. The van der Waals surface area contributed by atoms with Crippen molar-refractivity contribution in [1.82, 2.24) is 15.0 Å². The topological polar surface area (TPSA) is 71.0 Å². The lowest BCUT2D eigenvalue weighted by Gasteiger charge is -2.18. The van der Waals surface area contributed by atoms with Crippen molar-refractivity contribution in [3.8, 4) is 11.4 Å². The van der Waals surface area contributed by atoms with E-state index >= 15 is 0 Å². The molecule has 1 amide bonds. The fourth-order valence-corrected chi connectivity index (χ4v) is 3.65. The van der Waals surface area contributed by atoms with Crippen LogP contribution in [0.3, 0.4) is 0 Å². The third-order valence-electron chi connectivity index (χ3n) is 5.11. The van der Waals surface area contributed by atoms with Crippen LogP contribution in [0.4, 0.5) is 11.5 Å². The van der Waals surface area contributed by atoms with Crippen LogP contribution in [0.25, 0.3) is 22.3 Å². The molecule has 2 aromatic heterocycles. The van der Waals surface area contributed by atoms with Gasteiger partial charge in [0.15, 0.2) is 5.82 Å². The molecule has 1 N–H and O–H groups in total. The van der Waals surface area contributed by atoms with E-state index in [-0.39, 0.29) is 11.9 Å². The second kappa shape index (κ2) is 7.31. The maximum Gasteiger partial charge on any atom is 0.249 e. The predicted molar refractivity (Wildman–Crippen MR) is 114 cm³/mol. The number of fused-ring (bicyclic) bond motifs is 1. The van der Waals surface area contributed by atoms with Gasteiger partial charge in [0.05, 0.1) is 5.52 Å². The van der Waals surface area contributed by atoms with E-state index in [1.807, 2.05) is 71.6 Å². The molecule has 5 rings (SSSR count). The third-order valence-corrected chi connectivity index (χ3v) is 5.11. The number of anilines is 2. The van der Waals surface area contributed by atoms with Crippen molar-refractivity contribution in [3.63, 3.8) is 0 Å². The summed E-state index contributed by atoms with van der Waals surface area (Å²) in [6.07, 6.45) is 4.18. The molecule has 3 heterocycles. The van der Waals surface area contributed by atoms with Gasteiger partial charge in [-0.3, -0.25) is 9.78 Å². The highest BCUT2D eigenvalue weighted by Gasteiger charge is 2.33. The Kier molecular flexibility index (Phi) is 4.37. The average Bonchev–Trinajstić information content (AvgIpc) is 3.15. The molecule has 1 aliphatic heterocycles. The van der Waals surface area contributed by atoms with Crippen LogP contribution in [0.1, 0.15) is 6.42 Å². The van der Waals surface area contributed by atoms with Gasteiger partial charge in [-0.2, -0.15) is 0 Å². The normalized spacial score (nSPS) is 16.3. The SMILES string of the molecule is O=C1C(Nc2nc(-c3cccnc3)nc3ccccc23)CCN1c1ccccc1. The summed E-state index contributed by atoms with van der Waals surface area (Å²) >= 11 is 0. The van der Waals surface area contributed by atoms with E-state index in [0.29, 0.717) is 24.6 Å². The van der Waals surface area contributed by atoms with Gasteiger partial charge >= 0.3 is 0 Å². The largest absolute Gasteiger partial charge is 0.358 e. The second-order valence-electron chi connectivity index (χ2n) is 6.97. The number of nitrogens with zero attached hydrogens (tertiary/aromatic N) is 4. The molecule has 1 saturated heterocycles. The molecule has 0 radical (unpaired) electrons. The summed E-state index contributed by atoms with van der Waals surface area (Å²) in [5, 5.41) is 4.28. The van der Waals surface area contributed by atoms with Crippen molar-refractivity contribution in [2.24, 2.45) is 0 Å². The van der Waals surface area contributed by atoms with Gasteiger partial charge < -0.3 is 10.2 Å². The second-order valence-corrected chi connectivity index (χ2v) is 6.97. The van der Waals surface area contributed by atoms with Crippen LogP contribution in [0.5, 0.6) is 0 Å². The van der Waals surface area contributed by atoms with Crippen LogP contribution >= 0.6 is 0 Å². The van der Waals surface area contributed by atoms with Crippen LogP contribution in [-0.4, -0.2) is 33.4 Å². The first-order valence-corrected chi connectivity index (χ1v) is 9.60. The molecule has 0 aliphatic carbocycles. The number of hydrogen-bond acceptors (Lipinski definition) is 5. The highest BCUT2D eigenvalue weighted by atomic mass is 16.2. The van der Waals surface area contributed by atoms with Crippen LogP contribution < -0.4 is 10.2 Å². The summed E-state index contributed by atoms with van der Waals surface area (Å²) in [7, 11) is 0. The van der Waals surface area contributed by atoms with Crippen molar-refractivity contribution >= 4 is 28.3 Å². The van der Waals surface area contributed by atoms with Crippen LogP contribution in [0.15, 0.2) is 79.1 Å². The van der Waals surface area contributed by atoms with E-state index in [2.05, 4.69) is 15.3 Å². The monoisotopic (exact) mass is 381 g/mol. The molecule has 29 heavy (non-hydrogen) atoms. The fourth-order valence-electron chi connectivity index (χ4n) is 3.65. The highest BCUT2D eigenvalue weighted by Crippen LogP contribution is 2.28. The predicted octanol–water partition coefficient (Wildman–Crippen LogP) is 3.91. The number of benzene rings is 2. The lowest BCUT2D eigenvalue weighted by molar-refractivity contribution is -0.117. The summed E-state index contributed by atoms with van der Waals surface area (Å²) in [6, 6.07) is 21.1. The van der Waals surface area contributed by atoms with Gasteiger partial charge in [0.2, 0.25) is 5.91 Å². The maximum atomic E-state index is 13.0. The minimum Gasteiger partial charge on any atom is -0.358 e. The molecule has 2 aromatic carbocycles. The van der Waals surface area contributed by atoms with Crippen molar-refractivity contribution in [1.29, 1.82) is 0 Å². The number of rotatable bonds is 4. The molecular formula is C23H19N5O. The summed E-state index contributed by atoms with van der Waals surface area (Å²) < 4.78 is 0. The summed E-state index contributed by atoms with van der Waals surface area (Å²) in [5.41, 5.74) is 2.59. The van der Waals surface area contributed by atoms with E-state index in [1.54, 1.807) is 12.4 Å². The first-order valence-electron chi connectivity index (χ1n) is 9.60. The zero-order valence-corrected chi connectivity index (χ0v) is 15.7. The number of carbonyl (C=O) groups excluding carboxylic acids is 1. The Bertz CT molecular complexity index is 1160. The van der Waals surface area contributed by atoms with Crippen LogP contribution in [0.2, 0.25) is 0 Å². The number of carbonyl (C=O) groups is 1. The first kappa shape index (κ1) is 17.3. The summed E-state index contributed by atoms with van der Waals surface area (Å²) in [4.78, 5) is 28.4. The van der Waals surface area contributed by atoms with Crippen molar-refractivity contribution < 1.29 is 4.79 Å². The maximum absolute atomic E-state index is 13.0. The van der Waals surface area contributed by atoms with Gasteiger partial charge in [-0.25, -0.2) is 9.97 Å². The molecule has 0 spiro atoms. The van der Waals surface area contributed by atoms with E-state index < -0.39 is 0 Å². The number of nitrogens with one attached hydrogen (secondary N) is 1. The molecule has 1 atom stereocenters. The lowest BCUT2D eigenvalue weighted by Crippen LogP contribution is -2.33. The Morgan fingerprint density at radius 1 is 0.931 bits per heavy atom. The summed E-state index contributed by atoms with van der Waals surface area (Å²) in [5.74, 6) is 1.31. The van der Waals surface area contributed by atoms with Gasteiger partial charge in [-0.15, -0.1) is 0 Å². The van der Waals surface area contributed by atoms with Gasteiger partial charge in [-0.1, -0.05) is 30.3 Å². The average molecular weight is 381 g/mol. The fraction of sp³-hybridized carbons (Fsp3) is 0.130. The van der Waals surface area contributed by atoms with E-state index in [9.17, 15) is 4.79 Å². The smallest absolute Gasteiger partial charge is 0.249 e. The first-order chi connectivity index (χ1) is 14.3. The highest BCUT2D eigenvalue weighted by molar-refractivity contribution is 6.02. The molecule has 1 unspecified atom stereocenters. The minimum atomic E-state index is -0.324. The van der Waals surface area contributed by atoms with E-state index in [1.165, 1.54) is 0 Å². The van der Waals surface area contributed by atoms with Crippen LogP contribution in [-0.2, 0) is 4.79 Å². The van der Waals surface area contributed by atoms with Gasteiger partial charge in [0, 0.05) is 35.6 Å². The Balaban J connectivity index is 1.50. The molecular weight excluding hydrogens is 362 g/mol. The molecule has 1 fully saturated rings. The number of para-hydroxylation sites is 2. The Morgan fingerprint density at radius 3 is 2.59 bits per heavy atom. The Hall–Kier alpha value is -3.80. The van der Waals surface area contributed by atoms with Crippen molar-refractivity contribution in [3.05, 3.63) is 79.1 Å². The van der Waals surface area contributed by atoms with Crippen molar-refractivity contribution in [2.75, 3.05) is 16.8 Å². The zero-order chi connectivity index (χ0) is 19.6. The van der Waals surface area contributed by atoms with E-state index in [0.717, 1.165) is 22.2 Å². The number of aromatic nitrogens is 3. The molecule has 1 aliphatic rings. The van der Waals surface area contributed by atoms with Gasteiger partial charge in [-0.05, 0) is 42.8 Å². The zero-order valence-electron chi connectivity index (χ0n) is 15.7.